The maximum atomic E-state index is 7.34. The second-order valence-corrected chi connectivity index (χ2v) is 22.2. The minimum absolute atomic E-state index is 0.00160. The number of nitrogens with zero attached hydrogens (tertiary/aromatic N) is 3. The summed E-state index contributed by atoms with van der Waals surface area (Å²) in [7, 11) is 0. The molecule has 0 atom stereocenters. The fourth-order valence-electron chi connectivity index (χ4n) is 11.1. The molecule has 0 saturated heterocycles. The largest absolute Gasteiger partial charge is 0.468 e. The van der Waals surface area contributed by atoms with Gasteiger partial charge in [-0.3, -0.25) is 0 Å². The summed E-state index contributed by atoms with van der Waals surface area (Å²) in [5, 5.41) is 3.19. The third-order valence-corrected chi connectivity index (χ3v) is 14.7. The zero-order valence-electron chi connectivity index (χ0n) is 40.7. The number of ether oxygens (including phenoxy) is 1. The van der Waals surface area contributed by atoms with Gasteiger partial charge in [-0.05, 0) is 135 Å². The highest BCUT2D eigenvalue weighted by Crippen LogP contribution is 2.55. The Hall–Kier alpha value is -7.64. The SMILES string of the molecule is CC(C)(C)c1ccc(N2c3ccc4c(c3)N(c3cccc5c3B4c3oc4ccc(C(C)(C)C)cc4c3N5c3ccc(C(C)(C)C)cc3)c3c(ccc4c3oc3ccccc34)Oc3ccccc32)cc1. The molecule has 0 amide bonds. The van der Waals surface area contributed by atoms with E-state index in [0.29, 0.717) is 5.75 Å². The summed E-state index contributed by atoms with van der Waals surface area (Å²) >= 11 is 0. The van der Waals surface area contributed by atoms with Crippen molar-refractivity contribution in [2.45, 2.75) is 78.6 Å². The average Bonchev–Trinajstić information content (AvgIpc) is 3.90. The molecule has 2 bridgehead atoms. The average molecular weight is 900 g/mol. The minimum atomic E-state index is -0.240. The van der Waals surface area contributed by atoms with E-state index < -0.39 is 0 Å². The summed E-state index contributed by atoms with van der Waals surface area (Å²) in [5.41, 5.74) is 18.6. The van der Waals surface area contributed by atoms with Crippen molar-refractivity contribution < 1.29 is 13.6 Å². The molecule has 3 aliphatic rings. The molecule has 3 aliphatic heterocycles. The lowest BCUT2D eigenvalue weighted by Gasteiger charge is -2.43. The van der Waals surface area contributed by atoms with E-state index in [2.05, 4.69) is 235 Å². The van der Waals surface area contributed by atoms with Crippen LogP contribution in [0, 0.1) is 0 Å². The van der Waals surface area contributed by atoms with Gasteiger partial charge >= 0.3 is 0 Å². The number of para-hydroxylation sites is 3. The van der Waals surface area contributed by atoms with Crippen molar-refractivity contribution in [3.63, 3.8) is 0 Å². The van der Waals surface area contributed by atoms with E-state index in [1.165, 1.54) is 16.7 Å². The van der Waals surface area contributed by atoms with Crippen molar-refractivity contribution in [3.05, 3.63) is 180 Å². The number of hydrogen-bond acceptors (Lipinski definition) is 6. The van der Waals surface area contributed by atoms with Crippen LogP contribution < -0.4 is 36.0 Å². The van der Waals surface area contributed by atoms with Gasteiger partial charge < -0.3 is 28.3 Å². The zero-order chi connectivity index (χ0) is 47.3. The summed E-state index contributed by atoms with van der Waals surface area (Å²) in [5.74, 6) is 1.42. The van der Waals surface area contributed by atoms with Crippen molar-refractivity contribution in [1.29, 1.82) is 0 Å². The Bertz CT molecular complexity index is 3730. The number of furan rings is 2. The topological polar surface area (TPSA) is 45.2 Å². The van der Waals surface area contributed by atoms with Crippen molar-refractivity contribution >= 4 is 107 Å². The monoisotopic (exact) mass is 899 g/mol. The van der Waals surface area contributed by atoms with Crippen LogP contribution in [0.2, 0.25) is 0 Å². The van der Waals surface area contributed by atoms with Crippen LogP contribution in [-0.4, -0.2) is 6.71 Å². The fraction of sp³-hybridized carbons (Fsp3) is 0.194. The Morgan fingerprint density at radius 1 is 0.391 bits per heavy atom. The molecule has 13 rings (SSSR count). The third-order valence-electron chi connectivity index (χ3n) is 14.7. The number of fused-ring (bicyclic) bond motifs is 14. The Morgan fingerprint density at radius 2 is 0.986 bits per heavy atom. The molecule has 0 spiro atoms. The molecule has 5 heterocycles. The molecule has 2 aromatic heterocycles. The van der Waals surface area contributed by atoms with Gasteiger partial charge in [-0.25, -0.2) is 0 Å². The lowest BCUT2D eigenvalue weighted by atomic mass is 9.35. The van der Waals surface area contributed by atoms with E-state index in [4.69, 9.17) is 13.6 Å². The van der Waals surface area contributed by atoms with Crippen LogP contribution in [0.4, 0.5) is 51.2 Å². The fourth-order valence-corrected chi connectivity index (χ4v) is 11.1. The molecule has 0 N–H and O–H groups in total. The standard InChI is InChI=1S/C62H54BN3O3/c1-60(2,3)37-21-26-40(27-22-37)64-42-30-32-46-50(36-42)66(57-54(67-53-20-13-11-16-47(53)64)34-31-44-43-15-10-12-19-51(43)68-58(44)57)49-18-14-17-48-55(49)63(46)59-56(45-35-39(62(7,8)9)25-33-52(45)69-59)65(48)41-28-23-38(24-29-41)61(4,5)6/h10-36H,1-9H3. The van der Waals surface area contributed by atoms with Crippen molar-refractivity contribution in [2.24, 2.45) is 0 Å². The van der Waals surface area contributed by atoms with Crippen LogP contribution in [0.25, 0.3) is 32.9 Å². The van der Waals surface area contributed by atoms with Gasteiger partial charge in [-0.2, -0.15) is 0 Å². The van der Waals surface area contributed by atoms with Crippen molar-refractivity contribution in [2.75, 3.05) is 14.7 Å². The number of hydrogen-bond donors (Lipinski definition) is 0. The molecular formula is C62H54BN3O3. The Kier molecular flexibility index (Phi) is 8.70. The number of rotatable bonds is 2. The summed E-state index contributed by atoms with van der Waals surface area (Å²) in [6, 6.07) is 59.6. The second-order valence-electron chi connectivity index (χ2n) is 22.2. The first-order valence-electron chi connectivity index (χ1n) is 24.3. The van der Waals surface area contributed by atoms with Crippen LogP contribution in [0.1, 0.15) is 79.0 Å². The summed E-state index contributed by atoms with van der Waals surface area (Å²) < 4.78 is 21.7. The first-order valence-corrected chi connectivity index (χ1v) is 24.3. The molecule has 7 heteroatoms. The van der Waals surface area contributed by atoms with Crippen LogP contribution >= 0.6 is 0 Å². The minimum Gasteiger partial charge on any atom is -0.468 e. The summed E-state index contributed by atoms with van der Waals surface area (Å²) in [4.78, 5) is 7.20. The maximum Gasteiger partial charge on any atom is 0.297 e. The van der Waals surface area contributed by atoms with Gasteiger partial charge in [0.1, 0.15) is 16.9 Å². The van der Waals surface area contributed by atoms with E-state index in [0.717, 1.165) is 106 Å². The molecule has 0 fully saturated rings. The Balaban J connectivity index is 1.14. The van der Waals surface area contributed by atoms with Gasteiger partial charge in [0, 0.05) is 50.3 Å². The van der Waals surface area contributed by atoms with E-state index >= 15 is 0 Å². The van der Waals surface area contributed by atoms with Crippen molar-refractivity contribution in [3.8, 4) is 11.5 Å². The molecule has 338 valence electrons. The quantitative estimate of drug-likeness (QED) is 0.161. The molecule has 69 heavy (non-hydrogen) atoms. The van der Waals surface area contributed by atoms with E-state index in [9.17, 15) is 0 Å². The highest BCUT2D eigenvalue weighted by atomic mass is 16.5. The molecule has 6 nitrogen and oxygen atoms in total. The zero-order valence-corrected chi connectivity index (χ0v) is 40.7. The predicted molar refractivity (Wildman–Crippen MR) is 288 cm³/mol. The highest BCUT2D eigenvalue weighted by molar-refractivity contribution is 7.00. The van der Waals surface area contributed by atoms with Crippen LogP contribution in [-0.2, 0) is 16.2 Å². The first kappa shape index (κ1) is 41.5. The van der Waals surface area contributed by atoms with Crippen LogP contribution in [0.3, 0.4) is 0 Å². The van der Waals surface area contributed by atoms with E-state index in [-0.39, 0.29) is 23.0 Å². The Labute approximate surface area is 404 Å². The molecule has 0 radical (unpaired) electrons. The molecular weight excluding hydrogens is 846 g/mol. The Morgan fingerprint density at radius 3 is 1.70 bits per heavy atom. The third kappa shape index (κ3) is 6.25. The van der Waals surface area contributed by atoms with Crippen LogP contribution in [0.5, 0.6) is 11.5 Å². The normalized spacial score (nSPS) is 14.2. The van der Waals surface area contributed by atoms with Gasteiger partial charge in [-0.15, -0.1) is 0 Å². The molecule has 8 aromatic carbocycles. The lowest BCUT2D eigenvalue weighted by Crippen LogP contribution is -2.61. The smallest absolute Gasteiger partial charge is 0.297 e. The molecule has 10 aromatic rings. The summed E-state index contributed by atoms with van der Waals surface area (Å²) in [6.45, 7) is 20.2. The first-order chi connectivity index (χ1) is 33.1. The van der Waals surface area contributed by atoms with Gasteiger partial charge in [0.2, 0.25) is 0 Å². The predicted octanol–water partition coefficient (Wildman–Crippen LogP) is 15.9. The van der Waals surface area contributed by atoms with Gasteiger partial charge in [0.25, 0.3) is 6.71 Å². The van der Waals surface area contributed by atoms with Gasteiger partial charge in [0.15, 0.2) is 17.1 Å². The molecule has 0 saturated carbocycles. The van der Waals surface area contributed by atoms with Gasteiger partial charge in [-0.1, -0.05) is 135 Å². The second kappa shape index (κ2) is 14.4. The van der Waals surface area contributed by atoms with Crippen LogP contribution in [0.15, 0.2) is 173 Å². The molecule has 0 aliphatic carbocycles. The maximum absolute atomic E-state index is 7.34. The molecule has 0 unspecified atom stereocenters. The lowest BCUT2D eigenvalue weighted by molar-refractivity contribution is 0.484. The van der Waals surface area contributed by atoms with Crippen molar-refractivity contribution in [1.82, 2.24) is 0 Å². The van der Waals surface area contributed by atoms with E-state index in [1.807, 2.05) is 6.07 Å². The van der Waals surface area contributed by atoms with E-state index in [1.54, 1.807) is 0 Å². The number of benzene rings is 8. The van der Waals surface area contributed by atoms with Gasteiger partial charge in [0.05, 0.1) is 17.0 Å². The highest BCUT2D eigenvalue weighted by Gasteiger charge is 2.48. The number of anilines is 9. The summed E-state index contributed by atoms with van der Waals surface area (Å²) in [6.07, 6.45) is 0.